The van der Waals surface area contributed by atoms with Gasteiger partial charge in [-0.15, -0.1) is 0 Å². The molecule has 86 valence electrons. The van der Waals surface area contributed by atoms with E-state index in [-0.39, 0.29) is 5.56 Å². The van der Waals surface area contributed by atoms with Crippen LogP contribution < -0.4 is 5.32 Å². The summed E-state index contributed by atoms with van der Waals surface area (Å²) in [5, 5.41) is 11.4. The SMILES string of the molecule is COC(CNc1ccc(C#N)cc1F)OC. The molecule has 0 aromatic heterocycles. The number of halogens is 1. The van der Waals surface area contributed by atoms with Crippen molar-refractivity contribution in [1.29, 1.82) is 5.26 Å². The average molecular weight is 224 g/mol. The number of hydrogen-bond donors (Lipinski definition) is 1. The van der Waals surface area contributed by atoms with Gasteiger partial charge in [0, 0.05) is 14.2 Å². The number of benzene rings is 1. The lowest BCUT2D eigenvalue weighted by Gasteiger charge is -2.15. The van der Waals surface area contributed by atoms with Crippen molar-refractivity contribution < 1.29 is 13.9 Å². The average Bonchev–Trinajstić information content (AvgIpc) is 2.32. The zero-order chi connectivity index (χ0) is 12.0. The van der Waals surface area contributed by atoms with Crippen LogP contribution in [0.15, 0.2) is 18.2 Å². The molecule has 0 heterocycles. The highest BCUT2D eigenvalue weighted by molar-refractivity contribution is 5.48. The number of anilines is 1. The molecule has 1 aromatic rings. The molecule has 16 heavy (non-hydrogen) atoms. The lowest BCUT2D eigenvalue weighted by Crippen LogP contribution is -2.23. The topological polar surface area (TPSA) is 54.3 Å². The van der Waals surface area contributed by atoms with Gasteiger partial charge < -0.3 is 14.8 Å². The second kappa shape index (κ2) is 6.05. The van der Waals surface area contributed by atoms with Crippen molar-refractivity contribution in [2.75, 3.05) is 26.1 Å². The molecule has 1 N–H and O–H groups in total. The van der Waals surface area contributed by atoms with Gasteiger partial charge in [-0.3, -0.25) is 0 Å². The second-order valence-electron chi connectivity index (χ2n) is 3.09. The quantitative estimate of drug-likeness (QED) is 0.774. The number of rotatable bonds is 5. The Kier molecular flexibility index (Phi) is 4.70. The molecule has 0 saturated carbocycles. The summed E-state index contributed by atoms with van der Waals surface area (Å²) >= 11 is 0. The Balaban J connectivity index is 2.65. The van der Waals surface area contributed by atoms with E-state index in [9.17, 15) is 4.39 Å². The molecule has 0 unspecified atom stereocenters. The minimum absolute atomic E-state index is 0.290. The molecule has 0 amide bonds. The van der Waals surface area contributed by atoms with E-state index in [0.717, 1.165) is 0 Å². The highest BCUT2D eigenvalue weighted by Gasteiger charge is 2.07. The third-order valence-electron chi connectivity index (χ3n) is 2.08. The Morgan fingerprint density at radius 3 is 2.62 bits per heavy atom. The molecule has 4 nitrogen and oxygen atoms in total. The van der Waals surface area contributed by atoms with E-state index in [1.807, 2.05) is 6.07 Å². The Bertz CT molecular complexity index is 386. The van der Waals surface area contributed by atoms with Gasteiger partial charge in [-0.25, -0.2) is 4.39 Å². The van der Waals surface area contributed by atoms with Crippen LogP contribution in [-0.2, 0) is 9.47 Å². The number of nitrogens with zero attached hydrogens (tertiary/aromatic N) is 1. The molecular weight excluding hydrogens is 211 g/mol. The van der Waals surface area contributed by atoms with Crippen LogP contribution in [0.1, 0.15) is 5.56 Å². The minimum Gasteiger partial charge on any atom is -0.378 e. The maximum Gasteiger partial charge on any atom is 0.173 e. The van der Waals surface area contributed by atoms with Crippen molar-refractivity contribution in [3.05, 3.63) is 29.6 Å². The van der Waals surface area contributed by atoms with Gasteiger partial charge in [-0.05, 0) is 18.2 Å². The van der Waals surface area contributed by atoms with Crippen LogP contribution >= 0.6 is 0 Å². The van der Waals surface area contributed by atoms with Crippen LogP contribution in [0.25, 0.3) is 0 Å². The van der Waals surface area contributed by atoms with Crippen molar-refractivity contribution in [3.8, 4) is 6.07 Å². The molecule has 1 rings (SSSR count). The van der Waals surface area contributed by atoms with E-state index in [1.54, 1.807) is 6.07 Å². The van der Waals surface area contributed by atoms with Gasteiger partial charge in [0.25, 0.3) is 0 Å². The molecular formula is C11H13FN2O2. The van der Waals surface area contributed by atoms with E-state index in [1.165, 1.54) is 26.4 Å². The fraction of sp³-hybridized carbons (Fsp3) is 0.364. The Labute approximate surface area is 93.6 Å². The molecule has 1 aromatic carbocycles. The lowest BCUT2D eigenvalue weighted by molar-refractivity contribution is -0.0914. The highest BCUT2D eigenvalue weighted by Crippen LogP contribution is 2.15. The van der Waals surface area contributed by atoms with E-state index in [0.29, 0.717) is 12.2 Å². The highest BCUT2D eigenvalue weighted by atomic mass is 19.1. The molecule has 0 aliphatic heterocycles. The molecule has 0 bridgehead atoms. The number of ether oxygens (including phenoxy) is 2. The zero-order valence-corrected chi connectivity index (χ0v) is 9.16. The molecule has 0 fully saturated rings. The van der Waals surface area contributed by atoms with Crippen LogP contribution in [0.3, 0.4) is 0 Å². The summed E-state index contributed by atoms with van der Waals surface area (Å²) in [5.74, 6) is -0.468. The van der Waals surface area contributed by atoms with Crippen LogP contribution in [0, 0.1) is 17.1 Å². The van der Waals surface area contributed by atoms with Crippen molar-refractivity contribution in [3.63, 3.8) is 0 Å². The van der Waals surface area contributed by atoms with Gasteiger partial charge in [0.05, 0.1) is 23.9 Å². The molecule has 0 saturated heterocycles. The van der Waals surface area contributed by atoms with Crippen LogP contribution in [0.5, 0.6) is 0 Å². The van der Waals surface area contributed by atoms with E-state index < -0.39 is 12.1 Å². The first-order valence-electron chi connectivity index (χ1n) is 4.70. The summed E-state index contributed by atoms with van der Waals surface area (Å²) in [5.41, 5.74) is 0.608. The zero-order valence-electron chi connectivity index (χ0n) is 9.16. The molecule has 5 heteroatoms. The van der Waals surface area contributed by atoms with Crippen molar-refractivity contribution >= 4 is 5.69 Å². The smallest absolute Gasteiger partial charge is 0.173 e. The third-order valence-corrected chi connectivity index (χ3v) is 2.08. The van der Waals surface area contributed by atoms with Crippen LogP contribution in [0.2, 0.25) is 0 Å². The summed E-state index contributed by atoms with van der Waals surface area (Å²) in [4.78, 5) is 0. The van der Waals surface area contributed by atoms with Gasteiger partial charge in [-0.1, -0.05) is 0 Å². The van der Waals surface area contributed by atoms with Crippen molar-refractivity contribution in [2.24, 2.45) is 0 Å². The predicted molar refractivity (Wildman–Crippen MR) is 57.4 cm³/mol. The van der Waals surface area contributed by atoms with Gasteiger partial charge >= 0.3 is 0 Å². The van der Waals surface area contributed by atoms with Gasteiger partial charge in [0.1, 0.15) is 5.82 Å². The number of nitrogens with one attached hydrogen (secondary N) is 1. The number of methoxy groups -OCH3 is 2. The van der Waals surface area contributed by atoms with Gasteiger partial charge in [-0.2, -0.15) is 5.26 Å². The minimum atomic E-state index is -0.468. The molecule has 0 atom stereocenters. The fourth-order valence-electron chi connectivity index (χ4n) is 1.18. The number of nitriles is 1. The summed E-state index contributed by atoms with van der Waals surface area (Å²) in [6.07, 6.45) is -0.435. The second-order valence-corrected chi connectivity index (χ2v) is 3.09. The van der Waals surface area contributed by atoms with E-state index in [4.69, 9.17) is 14.7 Å². The standard InChI is InChI=1S/C11H13FN2O2/c1-15-11(16-2)7-14-10-4-3-8(6-13)5-9(10)12/h3-5,11,14H,7H2,1-2H3. The third kappa shape index (κ3) is 3.19. The molecule has 0 spiro atoms. The summed E-state index contributed by atoms with van der Waals surface area (Å²) < 4.78 is 23.3. The summed E-state index contributed by atoms with van der Waals surface area (Å²) in [6, 6.07) is 6.09. The maximum absolute atomic E-state index is 13.4. The summed E-state index contributed by atoms with van der Waals surface area (Å²) in [6.45, 7) is 0.329. The van der Waals surface area contributed by atoms with E-state index in [2.05, 4.69) is 5.32 Å². The Morgan fingerprint density at radius 2 is 2.12 bits per heavy atom. The van der Waals surface area contributed by atoms with Crippen LogP contribution in [-0.4, -0.2) is 27.1 Å². The van der Waals surface area contributed by atoms with Gasteiger partial charge in [0.2, 0.25) is 0 Å². The van der Waals surface area contributed by atoms with Crippen molar-refractivity contribution in [1.82, 2.24) is 0 Å². The first-order chi connectivity index (χ1) is 7.71. The molecule has 0 radical (unpaired) electrons. The Morgan fingerprint density at radius 1 is 1.44 bits per heavy atom. The first kappa shape index (κ1) is 12.4. The largest absolute Gasteiger partial charge is 0.378 e. The predicted octanol–water partition coefficient (Wildman–Crippen LogP) is 1.73. The van der Waals surface area contributed by atoms with Crippen molar-refractivity contribution in [2.45, 2.75) is 6.29 Å². The lowest BCUT2D eigenvalue weighted by atomic mass is 10.2. The summed E-state index contributed by atoms with van der Waals surface area (Å²) in [7, 11) is 3.01. The van der Waals surface area contributed by atoms with Gasteiger partial charge in [0.15, 0.2) is 6.29 Å². The molecule has 0 aliphatic rings. The fourth-order valence-corrected chi connectivity index (χ4v) is 1.18. The normalized spacial score (nSPS) is 10.2. The first-order valence-corrected chi connectivity index (χ1v) is 4.70. The van der Waals surface area contributed by atoms with Crippen LogP contribution in [0.4, 0.5) is 10.1 Å². The van der Waals surface area contributed by atoms with E-state index >= 15 is 0 Å². The number of hydrogen-bond acceptors (Lipinski definition) is 4. The molecule has 0 aliphatic carbocycles. The monoisotopic (exact) mass is 224 g/mol. The maximum atomic E-state index is 13.4. The Hall–Kier alpha value is -1.64.